The maximum Gasteiger partial charge on any atom is 0.0453 e. The Morgan fingerprint density at radius 2 is 1.87 bits per heavy atom. The average Bonchev–Trinajstić information content (AvgIpc) is 2.26. The Labute approximate surface area is 96.8 Å². The zero-order valence-electron chi connectivity index (χ0n) is 9.28. The number of fused-ring (bicyclic) bond motifs is 1. The topological polar surface area (TPSA) is 12.0 Å². The van der Waals surface area contributed by atoms with Crippen molar-refractivity contribution < 1.29 is 0 Å². The van der Waals surface area contributed by atoms with Crippen molar-refractivity contribution in [1.82, 2.24) is 5.32 Å². The van der Waals surface area contributed by atoms with Gasteiger partial charge in [-0.3, -0.25) is 0 Å². The van der Waals surface area contributed by atoms with Crippen molar-refractivity contribution in [3.63, 3.8) is 0 Å². The largest absolute Gasteiger partial charge is 0.313 e. The van der Waals surface area contributed by atoms with Gasteiger partial charge in [-0.15, -0.1) is 0 Å². The molecule has 0 unspecified atom stereocenters. The number of nitrogens with one attached hydrogen (secondary N) is 1. The molecule has 0 aliphatic heterocycles. The maximum absolute atomic E-state index is 6.26. The molecule has 0 heterocycles. The Bertz CT molecular complexity index is 347. The number of halogens is 1. The Hall–Kier alpha value is -0.530. The summed E-state index contributed by atoms with van der Waals surface area (Å²) in [6.07, 6.45) is 5.08. The molecule has 82 valence electrons. The third-order valence-corrected chi connectivity index (χ3v) is 3.43. The van der Waals surface area contributed by atoms with Crippen molar-refractivity contribution in [2.24, 2.45) is 0 Å². The Balaban J connectivity index is 2.24. The van der Waals surface area contributed by atoms with Crippen LogP contribution < -0.4 is 5.32 Å². The minimum Gasteiger partial charge on any atom is -0.313 e. The fourth-order valence-corrected chi connectivity index (χ4v) is 2.45. The first-order valence-electron chi connectivity index (χ1n) is 5.82. The summed E-state index contributed by atoms with van der Waals surface area (Å²) < 4.78 is 0. The van der Waals surface area contributed by atoms with E-state index in [0.717, 1.165) is 18.1 Å². The Kier molecular flexibility index (Phi) is 3.66. The molecule has 0 saturated carbocycles. The van der Waals surface area contributed by atoms with E-state index in [1.54, 1.807) is 0 Å². The molecular weight excluding hydrogens is 206 g/mol. The first-order chi connectivity index (χ1) is 7.31. The second-order valence-electron chi connectivity index (χ2n) is 4.20. The van der Waals surface area contributed by atoms with Crippen LogP contribution in [0, 0.1) is 0 Å². The molecule has 0 bridgehead atoms. The highest BCUT2D eigenvalue weighted by Gasteiger charge is 2.12. The highest BCUT2D eigenvalue weighted by molar-refractivity contribution is 6.31. The van der Waals surface area contributed by atoms with Crippen LogP contribution in [0.5, 0.6) is 0 Å². The smallest absolute Gasteiger partial charge is 0.0453 e. The van der Waals surface area contributed by atoms with E-state index < -0.39 is 0 Å². The van der Waals surface area contributed by atoms with Crippen molar-refractivity contribution in [2.75, 3.05) is 6.54 Å². The third-order valence-electron chi connectivity index (χ3n) is 3.08. The molecule has 15 heavy (non-hydrogen) atoms. The lowest BCUT2D eigenvalue weighted by Gasteiger charge is -2.18. The maximum atomic E-state index is 6.26. The van der Waals surface area contributed by atoms with Gasteiger partial charge in [0.15, 0.2) is 0 Å². The predicted octanol–water partition coefficient (Wildman–Crippen LogP) is 3.33. The van der Waals surface area contributed by atoms with E-state index in [9.17, 15) is 0 Å². The molecular formula is C13H18ClN. The van der Waals surface area contributed by atoms with Crippen LogP contribution in [0.25, 0.3) is 0 Å². The van der Waals surface area contributed by atoms with E-state index in [0.29, 0.717) is 0 Å². The van der Waals surface area contributed by atoms with Crippen LogP contribution in [0.4, 0.5) is 0 Å². The zero-order valence-corrected chi connectivity index (χ0v) is 10.0. The highest BCUT2D eigenvalue weighted by atomic mass is 35.5. The molecule has 1 aliphatic carbocycles. The molecule has 1 aliphatic rings. The summed E-state index contributed by atoms with van der Waals surface area (Å²) in [4.78, 5) is 0. The number of benzene rings is 1. The summed E-state index contributed by atoms with van der Waals surface area (Å²) in [5.74, 6) is 0. The van der Waals surface area contributed by atoms with E-state index in [2.05, 4.69) is 24.4 Å². The summed E-state index contributed by atoms with van der Waals surface area (Å²) in [6, 6.07) is 4.46. The van der Waals surface area contributed by atoms with Gasteiger partial charge in [0.1, 0.15) is 0 Å². The second kappa shape index (κ2) is 5.00. The summed E-state index contributed by atoms with van der Waals surface area (Å²) in [7, 11) is 0. The van der Waals surface area contributed by atoms with Crippen LogP contribution in [0.3, 0.4) is 0 Å². The van der Waals surface area contributed by atoms with Gasteiger partial charge in [-0.2, -0.15) is 0 Å². The van der Waals surface area contributed by atoms with Crippen molar-refractivity contribution in [3.8, 4) is 0 Å². The normalized spacial score (nSPS) is 15.1. The minimum atomic E-state index is 0.891. The molecule has 2 heteroatoms. The molecule has 0 saturated heterocycles. The van der Waals surface area contributed by atoms with Gasteiger partial charge in [-0.05, 0) is 55.0 Å². The molecule has 1 nitrogen and oxygen atoms in total. The van der Waals surface area contributed by atoms with Gasteiger partial charge < -0.3 is 5.32 Å². The quantitative estimate of drug-likeness (QED) is 0.829. The Morgan fingerprint density at radius 1 is 1.20 bits per heavy atom. The summed E-state index contributed by atoms with van der Waals surface area (Å²) in [6.45, 7) is 4.00. The minimum absolute atomic E-state index is 0.891. The van der Waals surface area contributed by atoms with Crippen molar-refractivity contribution in [3.05, 3.63) is 33.8 Å². The van der Waals surface area contributed by atoms with Crippen LogP contribution >= 0.6 is 11.6 Å². The molecule has 1 N–H and O–H groups in total. The van der Waals surface area contributed by atoms with Gasteiger partial charge in [0.25, 0.3) is 0 Å². The summed E-state index contributed by atoms with van der Waals surface area (Å²) in [5, 5.41) is 4.26. The Morgan fingerprint density at radius 3 is 2.53 bits per heavy atom. The van der Waals surface area contributed by atoms with Gasteiger partial charge in [-0.25, -0.2) is 0 Å². The fourth-order valence-electron chi connectivity index (χ4n) is 2.20. The van der Waals surface area contributed by atoms with Crippen molar-refractivity contribution in [1.29, 1.82) is 0 Å². The van der Waals surface area contributed by atoms with E-state index in [-0.39, 0.29) is 0 Å². The lowest BCUT2D eigenvalue weighted by molar-refractivity contribution is 0.679. The van der Waals surface area contributed by atoms with Gasteiger partial charge in [0, 0.05) is 11.6 Å². The van der Waals surface area contributed by atoms with E-state index in [4.69, 9.17) is 11.6 Å². The number of hydrogen-bond donors (Lipinski definition) is 1. The molecule has 0 fully saturated rings. The molecule has 1 aromatic carbocycles. The van der Waals surface area contributed by atoms with Crippen LogP contribution in [-0.2, 0) is 19.4 Å². The van der Waals surface area contributed by atoms with E-state index in [1.165, 1.54) is 42.4 Å². The molecule has 0 spiro atoms. The summed E-state index contributed by atoms with van der Waals surface area (Å²) >= 11 is 6.26. The fraction of sp³-hybridized carbons (Fsp3) is 0.538. The van der Waals surface area contributed by atoms with Gasteiger partial charge in [0.05, 0.1) is 0 Å². The van der Waals surface area contributed by atoms with Crippen LogP contribution in [-0.4, -0.2) is 6.54 Å². The average molecular weight is 224 g/mol. The number of hydrogen-bond acceptors (Lipinski definition) is 1. The predicted molar refractivity (Wildman–Crippen MR) is 65.5 cm³/mol. The number of aryl methyl sites for hydroxylation is 2. The zero-order chi connectivity index (χ0) is 10.7. The van der Waals surface area contributed by atoms with Gasteiger partial charge in [-0.1, -0.05) is 24.6 Å². The molecule has 0 radical (unpaired) electrons. The molecule has 2 rings (SSSR count). The standard InChI is InChI=1S/C13H18ClN/c1-2-15-9-12-7-10-5-3-4-6-11(10)8-13(12)14/h7-8,15H,2-6,9H2,1H3. The lowest BCUT2D eigenvalue weighted by atomic mass is 9.90. The molecule has 0 atom stereocenters. The monoisotopic (exact) mass is 223 g/mol. The summed E-state index contributed by atoms with van der Waals surface area (Å²) in [5.41, 5.74) is 4.23. The molecule has 1 aromatic rings. The lowest BCUT2D eigenvalue weighted by Crippen LogP contribution is -2.13. The van der Waals surface area contributed by atoms with E-state index >= 15 is 0 Å². The highest BCUT2D eigenvalue weighted by Crippen LogP contribution is 2.27. The van der Waals surface area contributed by atoms with Crippen LogP contribution in [0.1, 0.15) is 36.5 Å². The second-order valence-corrected chi connectivity index (χ2v) is 4.61. The SMILES string of the molecule is CCNCc1cc2c(cc1Cl)CCCC2. The van der Waals surface area contributed by atoms with Crippen LogP contribution in [0.2, 0.25) is 5.02 Å². The first kappa shape index (κ1) is 11.0. The van der Waals surface area contributed by atoms with Crippen LogP contribution in [0.15, 0.2) is 12.1 Å². The van der Waals surface area contributed by atoms with Gasteiger partial charge >= 0.3 is 0 Å². The first-order valence-corrected chi connectivity index (χ1v) is 6.20. The van der Waals surface area contributed by atoms with Crippen molar-refractivity contribution >= 4 is 11.6 Å². The van der Waals surface area contributed by atoms with E-state index in [1.807, 2.05) is 0 Å². The van der Waals surface area contributed by atoms with Gasteiger partial charge in [0.2, 0.25) is 0 Å². The number of rotatable bonds is 3. The van der Waals surface area contributed by atoms with Crippen molar-refractivity contribution in [2.45, 2.75) is 39.2 Å². The molecule has 0 amide bonds. The molecule has 0 aromatic heterocycles. The third kappa shape index (κ3) is 2.53.